The summed E-state index contributed by atoms with van der Waals surface area (Å²) in [6.07, 6.45) is 0.646. The van der Waals surface area contributed by atoms with E-state index >= 15 is 0 Å². The van der Waals surface area contributed by atoms with E-state index in [-0.39, 0.29) is 13.2 Å². The largest absolute Gasteiger partial charge is 0.464 e. The second kappa shape index (κ2) is 6.30. The number of hydrogen-bond acceptors (Lipinski definition) is 4. The van der Waals surface area contributed by atoms with E-state index in [2.05, 4.69) is 0 Å². The number of rotatable bonds is 5. The SMILES string of the molecule is O=C(Cn1c(=O)oc2ccccc21)OCCc1ccccc1. The number of esters is 1. The van der Waals surface area contributed by atoms with Gasteiger partial charge in [-0.1, -0.05) is 42.5 Å². The Kier molecular flexibility index (Phi) is 4.05. The van der Waals surface area contributed by atoms with Gasteiger partial charge in [0, 0.05) is 6.42 Å². The molecule has 0 amide bonds. The van der Waals surface area contributed by atoms with E-state index in [1.54, 1.807) is 24.3 Å². The zero-order chi connectivity index (χ0) is 15.4. The fourth-order valence-corrected chi connectivity index (χ4v) is 2.27. The van der Waals surface area contributed by atoms with Gasteiger partial charge in [0.25, 0.3) is 0 Å². The number of hydrogen-bond donors (Lipinski definition) is 0. The van der Waals surface area contributed by atoms with Gasteiger partial charge in [0.05, 0.1) is 12.1 Å². The molecule has 0 aliphatic heterocycles. The number of aromatic nitrogens is 1. The van der Waals surface area contributed by atoms with Crippen LogP contribution in [0, 0.1) is 0 Å². The Bertz CT molecular complexity index is 832. The van der Waals surface area contributed by atoms with Crippen molar-refractivity contribution in [1.82, 2.24) is 4.57 Å². The lowest BCUT2D eigenvalue weighted by atomic mass is 10.2. The minimum absolute atomic E-state index is 0.148. The van der Waals surface area contributed by atoms with Crippen LogP contribution >= 0.6 is 0 Å². The third-order valence-electron chi connectivity index (χ3n) is 3.36. The van der Waals surface area contributed by atoms with Crippen LogP contribution in [0.1, 0.15) is 5.56 Å². The van der Waals surface area contributed by atoms with Gasteiger partial charge in [-0.15, -0.1) is 0 Å². The fourth-order valence-electron chi connectivity index (χ4n) is 2.27. The van der Waals surface area contributed by atoms with Gasteiger partial charge in [0.1, 0.15) is 6.54 Å². The Balaban J connectivity index is 1.61. The van der Waals surface area contributed by atoms with E-state index in [0.717, 1.165) is 5.56 Å². The Labute approximate surface area is 126 Å². The van der Waals surface area contributed by atoms with Crippen LogP contribution in [0.3, 0.4) is 0 Å². The summed E-state index contributed by atoms with van der Waals surface area (Å²) in [6.45, 7) is 0.137. The molecule has 22 heavy (non-hydrogen) atoms. The monoisotopic (exact) mass is 297 g/mol. The maximum absolute atomic E-state index is 11.9. The second-order valence-corrected chi connectivity index (χ2v) is 4.88. The highest BCUT2D eigenvalue weighted by molar-refractivity contribution is 5.76. The van der Waals surface area contributed by atoms with Gasteiger partial charge in [-0.25, -0.2) is 4.79 Å². The van der Waals surface area contributed by atoms with Crippen LogP contribution in [0.5, 0.6) is 0 Å². The highest BCUT2D eigenvalue weighted by Crippen LogP contribution is 2.11. The van der Waals surface area contributed by atoms with Crippen LogP contribution in [0.2, 0.25) is 0 Å². The van der Waals surface area contributed by atoms with Crippen LogP contribution in [-0.2, 0) is 22.5 Å². The van der Waals surface area contributed by atoms with Gasteiger partial charge in [0.2, 0.25) is 0 Å². The number of benzene rings is 2. The molecule has 0 N–H and O–H groups in total. The molecule has 0 atom stereocenters. The normalized spacial score (nSPS) is 10.7. The van der Waals surface area contributed by atoms with Gasteiger partial charge < -0.3 is 9.15 Å². The minimum Gasteiger partial charge on any atom is -0.464 e. The first-order chi connectivity index (χ1) is 10.7. The quantitative estimate of drug-likeness (QED) is 0.678. The molecule has 5 nitrogen and oxygen atoms in total. The van der Waals surface area contributed by atoms with Crippen molar-refractivity contribution in [1.29, 1.82) is 0 Å². The molecule has 3 rings (SSSR count). The Morgan fingerprint density at radius 3 is 2.59 bits per heavy atom. The first-order valence-corrected chi connectivity index (χ1v) is 7.02. The number of ether oxygens (including phenoxy) is 1. The van der Waals surface area contributed by atoms with E-state index < -0.39 is 11.7 Å². The van der Waals surface area contributed by atoms with Crippen LogP contribution in [-0.4, -0.2) is 17.1 Å². The molecule has 1 heterocycles. The molecule has 0 fully saturated rings. The molecule has 0 saturated carbocycles. The lowest BCUT2D eigenvalue weighted by Crippen LogP contribution is -2.22. The first kappa shape index (κ1) is 14.1. The minimum atomic E-state index is -0.554. The zero-order valence-electron chi connectivity index (χ0n) is 11.9. The van der Waals surface area contributed by atoms with Crippen LogP contribution in [0.4, 0.5) is 0 Å². The summed E-state index contributed by atoms with van der Waals surface area (Å²) in [5.41, 5.74) is 2.15. The molecule has 112 valence electrons. The second-order valence-electron chi connectivity index (χ2n) is 4.88. The van der Waals surface area contributed by atoms with E-state index in [9.17, 15) is 9.59 Å². The van der Waals surface area contributed by atoms with Crippen molar-refractivity contribution in [3.63, 3.8) is 0 Å². The summed E-state index contributed by atoms with van der Waals surface area (Å²) in [5.74, 6) is -1.01. The smallest absolute Gasteiger partial charge is 0.420 e. The van der Waals surface area contributed by atoms with Crippen LogP contribution in [0.25, 0.3) is 11.1 Å². The summed E-state index contributed by atoms with van der Waals surface area (Å²) >= 11 is 0. The zero-order valence-corrected chi connectivity index (χ0v) is 11.9. The molecule has 5 heteroatoms. The maximum atomic E-state index is 11.9. The predicted octanol–water partition coefficient (Wildman–Crippen LogP) is 2.38. The molecule has 2 aromatic carbocycles. The standard InChI is InChI=1S/C17H15NO4/c19-16(21-11-10-13-6-2-1-3-7-13)12-18-14-8-4-5-9-15(14)22-17(18)20/h1-9H,10-12H2. The van der Waals surface area contributed by atoms with E-state index in [0.29, 0.717) is 17.5 Å². The lowest BCUT2D eigenvalue weighted by molar-refractivity contribution is -0.144. The number of oxazole rings is 1. The number of para-hydroxylation sites is 2. The van der Waals surface area contributed by atoms with Gasteiger partial charge in [-0.05, 0) is 17.7 Å². The summed E-state index contributed by atoms with van der Waals surface area (Å²) in [4.78, 5) is 23.6. The van der Waals surface area contributed by atoms with Crippen LogP contribution < -0.4 is 5.76 Å². The lowest BCUT2D eigenvalue weighted by Gasteiger charge is -2.05. The van der Waals surface area contributed by atoms with Gasteiger partial charge in [-0.2, -0.15) is 0 Å². The van der Waals surface area contributed by atoms with E-state index in [4.69, 9.17) is 9.15 Å². The molecular formula is C17H15NO4. The summed E-state index contributed by atoms with van der Waals surface area (Å²) in [7, 11) is 0. The average molecular weight is 297 g/mol. The predicted molar refractivity (Wildman–Crippen MR) is 81.6 cm³/mol. The molecule has 0 spiro atoms. The average Bonchev–Trinajstić information content (AvgIpc) is 2.84. The summed E-state index contributed by atoms with van der Waals surface area (Å²) < 4.78 is 11.5. The molecule has 3 aromatic rings. The maximum Gasteiger partial charge on any atom is 0.420 e. The van der Waals surface area contributed by atoms with Crippen molar-refractivity contribution in [2.45, 2.75) is 13.0 Å². The number of nitrogens with zero attached hydrogens (tertiary/aromatic N) is 1. The van der Waals surface area contributed by atoms with E-state index in [1.165, 1.54) is 4.57 Å². The van der Waals surface area contributed by atoms with Gasteiger partial charge >= 0.3 is 11.7 Å². The topological polar surface area (TPSA) is 61.4 Å². The number of fused-ring (bicyclic) bond motifs is 1. The highest BCUT2D eigenvalue weighted by Gasteiger charge is 2.12. The van der Waals surface area contributed by atoms with Gasteiger partial charge in [0.15, 0.2) is 5.58 Å². The van der Waals surface area contributed by atoms with E-state index in [1.807, 2.05) is 30.3 Å². The Morgan fingerprint density at radius 2 is 1.77 bits per heavy atom. The molecule has 0 unspecified atom stereocenters. The number of carbonyl (C=O) groups excluding carboxylic acids is 1. The van der Waals surface area contributed by atoms with Gasteiger partial charge in [-0.3, -0.25) is 9.36 Å². The molecule has 0 saturated heterocycles. The fraction of sp³-hybridized carbons (Fsp3) is 0.176. The summed E-state index contributed by atoms with van der Waals surface area (Å²) in [5, 5.41) is 0. The molecule has 0 aliphatic carbocycles. The van der Waals surface area contributed by atoms with Crippen molar-refractivity contribution in [2.75, 3.05) is 6.61 Å². The van der Waals surface area contributed by atoms with Crippen molar-refractivity contribution >= 4 is 17.1 Å². The van der Waals surface area contributed by atoms with Crippen molar-refractivity contribution < 1.29 is 13.9 Å². The van der Waals surface area contributed by atoms with Crippen LogP contribution in [0.15, 0.2) is 63.8 Å². The summed E-state index contributed by atoms with van der Waals surface area (Å²) in [6, 6.07) is 16.7. The molecule has 0 bridgehead atoms. The number of carbonyl (C=O) groups is 1. The Morgan fingerprint density at radius 1 is 1.05 bits per heavy atom. The first-order valence-electron chi connectivity index (χ1n) is 7.02. The molecule has 0 aliphatic rings. The highest BCUT2D eigenvalue weighted by atomic mass is 16.5. The van der Waals surface area contributed by atoms with Crippen molar-refractivity contribution in [3.8, 4) is 0 Å². The molecule has 0 radical (unpaired) electrons. The third-order valence-corrected chi connectivity index (χ3v) is 3.36. The van der Waals surface area contributed by atoms with Crippen molar-refractivity contribution in [3.05, 3.63) is 70.7 Å². The molecule has 1 aromatic heterocycles. The Hall–Kier alpha value is -2.82. The molecular weight excluding hydrogens is 282 g/mol. The van der Waals surface area contributed by atoms with Crippen molar-refractivity contribution in [2.24, 2.45) is 0 Å². The third kappa shape index (κ3) is 3.09.